The fraction of sp³-hybridized carbons (Fsp3) is 0.444. The summed E-state index contributed by atoms with van der Waals surface area (Å²) in [6.07, 6.45) is 1.99. The molecule has 3 nitrogen and oxygen atoms in total. The van der Waals surface area contributed by atoms with Crippen LogP contribution in [0.15, 0.2) is 46.7 Å². The molecule has 2 heterocycles. The lowest BCUT2D eigenvalue weighted by Crippen LogP contribution is -2.47. The summed E-state index contributed by atoms with van der Waals surface area (Å²) >= 11 is 1.17. The Bertz CT molecular complexity index is 732. The smallest absolute Gasteiger partial charge is 0.365 e. The van der Waals surface area contributed by atoms with E-state index in [9.17, 15) is 13.2 Å². The van der Waals surface area contributed by atoms with Gasteiger partial charge < -0.3 is 4.90 Å². The maximum Gasteiger partial charge on any atom is 0.416 e. The lowest BCUT2D eigenvalue weighted by molar-refractivity contribution is -0.137. The summed E-state index contributed by atoms with van der Waals surface area (Å²) in [5.74, 6) is 0. The predicted octanol–water partition coefficient (Wildman–Crippen LogP) is 5.42. The van der Waals surface area contributed by atoms with Crippen molar-refractivity contribution in [2.24, 2.45) is 0 Å². The number of nitrogens with zero attached hydrogens (tertiary/aromatic N) is 3. The zero-order valence-electron chi connectivity index (χ0n) is 14.2. The van der Waals surface area contributed by atoms with Crippen LogP contribution in [0, 0.1) is 0 Å². The number of hydrogen-bond acceptors (Lipinski definition) is 4. The molecule has 0 N–H and O–H groups in total. The van der Waals surface area contributed by atoms with Crippen LogP contribution in [-0.2, 0) is 6.18 Å². The van der Waals surface area contributed by atoms with Gasteiger partial charge in [-0.2, -0.15) is 13.2 Å². The topological polar surface area (TPSA) is 29.0 Å². The van der Waals surface area contributed by atoms with Gasteiger partial charge in [0.05, 0.1) is 11.3 Å². The minimum Gasteiger partial charge on any atom is -0.365 e. The van der Waals surface area contributed by atoms with Crippen LogP contribution in [0.3, 0.4) is 0 Å². The van der Waals surface area contributed by atoms with E-state index in [4.69, 9.17) is 0 Å². The Balaban J connectivity index is 2.04. The van der Waals surface area contributed by atoms with Crippen molar-refractivity contribution in [3.05, 3.63) is 42.2 Å². The average Bonchev–Trinajstić information content (AvgIpc) is 2.55. The van der Waals surface area contributed by atoms with Gasteiger partial charge in [0.15, 0.2) is 5.16 Å². The molecule has 7 heteroatoms. The van der Waals surface area contributed by atoms with Crippen molar-refractivity contribution in [3.63, 3.8) is 0 Å². The molecule has 0 aliphatic carbocycles. The van der Waals surface area contributed by atoms with Gasteiger partial charge in [0, 0.05) is 29.4 Å². The third-order valence-corrected chi connectivity index (χ3v) is 5.41. The highest BCUT2D eigenvalue weighted by molar-refractivity contribution is 7.99. The largest absolute Gasteiger partial charge is 0.416 e. The second-order valence-electron chi connectivity index (χ2n) is 6.73. The first-order valence-electron chi connectivity index (χ1n) is 8.21. The molecule has 1 aromatic heterocycles. The van der Waals surface area contributed by atoms with Crippen LogP contribution in [0.5, 0.6) is 0 Å². The second kappa shape index (κ2) is 6.86. The molecule has 0 radical (unpaired) electrons. The molecular weight excluding hydrogens is 347 g/mol. The van der Waals surface area contributed by atoms with Crippen molar-refractivity contribution in [1.29, 1.82) is 0 Å². The van der Waals surface area contributed by atoms with Crippen molar-refractivity contribution in [1.82, 2.24) is 9.97 Å². The summed E-state index contributed by atoms with van der Waals surface area (Å²) in [4.78, 5) is 11.0. The van der Waals surface area contributed by atoms with E-state index in [-0.39, 0.29) is 5.54 Å². The van der Waals surface area contributed by atoms with E-state index in [1.54, 1.807) is 24.5 Å². The van der Waals surface area contributed by atoms with E-state index < -0.39 is 11.7 Å². The van der Waals surface area contributed by atoms with E-state index in [2.05, 4.69) is 28.7 Å². The number of halogens is 3. The van der Waals surface area contributed by atoms with E-state index in [1.807, 2.05) is 0 Å². The summed E-state index contributed by atoms with van der Waals surface area (Å²) in [5.41, 5.74) is 0.0739. The Labute approximate surface area is 149 Å². The molecule has 2 aromatic rings. The molecule has 3 rings (SSSR count). The number of rotatable bonds is 3. The fourth-order valence-corrected chi connectivity index (χ4v) is 4.04. The Kier molecular flexibility index (Phi) is 4.95. The van der Waals surface area contributed by atoms with Gasteiger partial charge in [-0.1, -0.05) is 0 Å². The van der Waals surface area contributed by atoms with Gasteiger partial charge in [0.2, 0.25) is 0 Å². The fourth-order valence-electron chi connectivity index (χ4n) is 3.14. The maximum absolute atomic E-state index is 13.2. The van der Waals surface area contributed by atoms with Gasteiger partial charge in [-0.05, 0) is 69.1 Å². The lowest BCUT2D eigenvalue weighted by atomic mass is 9.90. The van der Waals surface area contributed by atoms with Crippen LogP contribution in [-0.4, -0.2) is 22.1 Å². The van der Waals surface area contributed by atoms with Gasteiger partial charge >= 0.3 is 6.18 Å². The number of anilines is 1. The highest BCUT2D eigenvalue weighted by Crippen LogP contribution is 2.42. The van der Waals surface area contributed by atoms with Crippen LogP contribution in [0.25, 0.3) is 0 Å². The Morgan fingerprint density at radius 3 is 2.48 bits per heavy atom. The van der Waals surface area contributed by atoms with Crippen molar-refractivity contribution < 1.29 is 13.2 Å². The first-order valence-corrected chi connectivity index (χ1v) is 9.03. The van der Waals surface area contributed by atoms with E-state index >= 15 is 0 Å². The molecule has 0 spiro atoms. The van der Waals surface area contributed by atoms with Gasteiger partial charge in [-0.15, -0.1) is 0 Å². The zero-order chi connectivity index (χ0) is 18.1. The quantitative estimate of drug-likeness (QED) is 0.678. The van der Waals surface area contributed by atoms with Crippen molar-refractivity contribution in [2.75, 3.05) is 11.4 Å². The second-order valence-corrected chi connectivity index (χ2v) is 7.74. The number of alkyl halides is 3. The predicted molar refractivity (Wildman–Crippen MR) is 92.9 cm³/mol. The number of aromatic nitrogens is 2. The third kappa shape index (κ3) is 4.08. The molecule has 1 saturated heterocycles. The van der Waals surface area contributed by atoms with Gasteiger partial charge in [0.25, 0.3) is 0 Å². The summed E-state index contributed by atoms with van der Waals surface area (Å²) in [7, 11) is 0. The molecule has 1 aliphatic heterocycles. The van der Waals surface area contributed by atoms with Crippen molar-refractivity contribution in [2.45, 2.75) is 54.9 Å². The average molecular weight is 367 g/mol. The number of hydrogen-bond donors (Lipinski definition) is 0. The molecule has 1 fully saturated rings. The molecule has 25 heavy (non-hydrogen) atoms. The van der Waals surface area contributed by atoms with E-state index in [0.29, 0.717) is 10.1 Å². The van der Waals surface area contributed by atoms with E-state index in [1.165, 1.54) is 17.8 Å². The Morgan fingerprint density at radius 1 is 1.12 bits per heavy atom. The monoisotopic (exact) mass is 367 g/mol. The van der Waals surface area contributed by atoms with Gasteiger partial charge in [-0.25, -0.2) is 9.97 Å². The van der Waals surface area contributed by atoms with Crippen LogP contribution in [0.1, 0.15) is 38.7 Å². The summed E-state index contributed by atoms with van der Waals surface area (Å²) in [6.45, 7) is 5.11. The molecule has 0 atom stereocenters. The van der Waals surface area contributed by atoms with Crippen molar-refractivity contribution >= 4 is 17.4 Å². The van der Waals surface area contributed by atoms with Crippen LogP contribution < -0.4 is 4.90 Å². The highest BCUT2D eigenvalue weighted by Gasteiger charge is 2.34. The summed E-state index contributed by atoms with van der Waals surface area (Å²) in [6, 6.07) is 5.64. The normalized spacial score (nSPS) is 17.6. The van der Waals surface area contributed by atoms with Gasteiger partial charge in [-0.3, -0.25) is 0 Å². The molecule has 1 aromatic carbocycles. The van der Waals surface area contributed by atoms with E-state index in [0.717, 1.165) is 37.6 Å². The molecule has 0 bridgehead atoms. The Hall–Kier alpha value is -1.76. The number of piperidine rings is 1. The summed E-state index contributed by atoms with van der Waals surface area (Å²) < 4.78 is 39.5. The molecule has 0 amide bonds. The summed E-state index contributed by atoms with van der Waals surface area (Å²) in [5, 5.41) is 0.442. The third-order valence-electron chi connectivity index (χ3n) is 4.47. The van der Waals surface area contributed by atoms with Gasteiger partial charge in [0.1, 0.15) is 0 Å². The SMILES string of the molecule is CC1(C)CCCCN1c1ccc(C(F)(F)F)cc1Sc1ncccn1. The number of benzene rings is 1. The van der Waals surface area contributed by atoms with Crippen LogP contribution in [0.2, 0.25) is 0 Å². The first-order chi connectivity index (χ1) is 11.8. The first kappa shape index (κ1) is 18.0. The maximum atomic E-state index is 13.2. The lowest BCUT2D eigenvalue weighted by Gasteiger charge is -2.45. The Morgan fingerprint density at radius 2 is 1.84 bits per heavy atom. The van der Waals surface area contributed by atoms with Crippen LogP contribution >= 0.6 is 11.8 Å². The zero-order valence-corrected chi connectivity index (χ0v) is 15.0. The standard InChI is InChI=1S/C18H20F3N3S/c1-17(2)8-3-4-11-24(17)14-7-6-13(18(19,20)21)12-15(14)25-16-22-9-5-10-23-16/h5-7,9-10,12H,3-4,8,11H2,1-2H3. The molecule has 1 aliphatic rings. The highest BCUT2D eigenvalue weighted by atomic mass is 32.2. The minimum atomic E-state index is -4.37. The van der Waals surface area contributed by atoms with Crippen LogP contribution in [0.4, 0.5) is 18.9 Å². The molecular formula is C18H20F3N3S. The minimum absolute atomic E-state index is 0.0924. The molecule has 0 saturated carbocycles. The molecule has 134 valence electrons. The van der Waals surface area contributed by atoms with Crippen molar-refractivity contribution in [3.8, 4) is 0 Å². The molecule has 0 unspecified atom stereocenters.